The van der Waals surface area contributed by atoms with Crippen LogP contribution >= 0.6 is 0 Å². The van der Waals surface area contributed by atoms with E-state index in [0.717, 1.165) is 12.5 Å². The van der Waals surface area contributed by atoms with Crippen molar-refractivity contribution in [1.29, 1.82) is 0 Å². The van der Waals surface area contributed by atoms with Crippen molar-refractivity contribution in [2.24, 2.45) is 5.10 Å². The number of carbonyl (C=O) groups is 1. The fourth-order valence-corrected chi connectivity index (χ4v) is 2.36. The average Bonchev–Trinajstić information content (AvgIpc) is 2.54. The summed E-state index contributed by atoms with van der Waals surface area (Å²) in [5, 5.41) is 3.74. The molecule has 1 atom stereocenters. The maximum atomic E-state index is 13.4. The number of cyclic esters (lactones) is 1. The molecule has 0 aliphatic carbocycles. The number of rotatable bonds is 6. The highest BCUT2D eigenvalue weighted by Crippen LogP contribution is 2.36. The number of benzene rings is 1. The number of nitrogens with one attached hydrogen (secondary N) is 1. The van der Waals surface area contributed by atoms with Gasteiger partial charge in [-0.1, -0.05) is 26.0 Å². The number of alkyl halides is 3. The molecule has 1 unspecified atom stereocenters. The second-order valence-electron chi connectivity index (χ2n) is 5.52. The monoisotopic (exact) mass is 344 g/mol. The Bertz CT molecular complexity index is 629. The first kappa shape index (κ1) is 18.3. The van der Waals surface area contributed by atoms with Crippen LogP contribution in [0.15, 0.2) is 23.3 Å². The molecule has 0 aromatic heterocycles. The fourth-order valence-electron chi connectivity index (χ4n) is 2.36. The molecule has 0 radical (unpaired) electrons. The number of carbonyl (C=O) groups excluding carboxylic acids is 1. The van der Waals surface area contributed by atoms with Gasteiger partial charge in [-0.05, 0) is 18.1 Å². The van der Waals surface area contributed by atoms with Crippen molar-refractivity contribution in [3.05, 3.63) is 34.9 Å². The van der Waals surface area contributed by atoms with Gasteiger partial charge in [0.2, 0.25) is 0 Å². The number of nitrogens with zero attached hydrogens (tertiary/aromatic N) is 1. The lowest BCUT2D eigenvalue weighted by molar-refractivity contribution is -0.138. The molecule has 5 nitrogen and oxygen atoms in total. The maximum Gasteiger partial charge on any atom is 0.428 e. The fraction of sp³-hybridized carbons (Fsp3) is 0.500. The third kappa shape index (κ3) is 4.47. The summed E-state index contributed by atoms with van der Waals surface area (Å²) >= 11 is 0. The second-order valence-corrected chi connectivity index (χ2v) is 5.52. The van der Waals surface area contributed by atoms with E-state index in [1.54, 1.807) is 13.0 Å². The van der Waals surface area contributed by atoms with Crippen LogP contribution in [-0.2, 0) is 15.7 Å². The topological polar surface area (TPSA) is 59.9 Å². The van der Waals surface area contributed by atoms with E-state index in [1.807, 2.05) is 6.92 Å². The van der Waals surface area contributed by atoms with E-state index >= 15 is 0 Å². The number of halogens is 3. The molecule has 0 saturated carbocycles. The predicted octanol–water partition coefficient (Wildman–Crippen LogP) is 3.68. The summed E-state index contributed by atoms with van der Waals surface area (Å²) in [6.45, 7) is 4.19. The highest BCUT2D eigenvalue weighted by Gasteiger charge is 2.35. The molecule has 0 fully saturated rings. The first-order valence-corrected chi connectivity index (χ1v) is 7.61. The lowest BCUT2D eigenvalue weighted by Gasteiger charge is -2.20. The van der Waals surface area contributed by atoms with Gasteiger partial charge in [-0.15, -0.1) is 0 Å². The van der Waals surface area contributed by atoms with Gasteiger partial charge in [0, 0.05) is 18.1 Å². The summed E-state index contributed by atoms with van der Waals surface area (Å²) < 4.78 is 50.4. The van der Waals surface area contributed by atoms with Crippen molar-refractivity contribution < 1.29 is 27.4 Å². The Hall–Kier alpha value is -2.09. The number of ether oxygens (including phenoxy) is 2. The lowest BCUT2D eigenvalue weighted by Crippen LogP contribution is -2.31. The molecular weight excluding hydrogens is 325 g/mol. The van der Waals surface area contributed by atoms with Crippen LogP contribution in [0.25, 0.3) is 0 Å². The summed E-state index contributed by atoms with van der Waals surface area (Å²) in [7, 11) is 0. The molecule has 0 spiro atoms. The highest BCUT2D eigenvalue weighted by atomic mass is 19.4. The predicted molar refractivity (Wildman–Crippen MR) is 82.0 cm³/mol. The Kier molecular flexibility index (Phi) is 5.82. The van der Waals surface area contributed by atoms with E-state index in [2.05, 4.69) is 10.5 Å². The molecule has 1 heterocycles. The van der Waals surface area contributed by atoms with Crippen LogP contribution in [0.5, 0.6) is 0 Å². The van der Waals surface area contributed by atoms with Crippen molar-refractivity contribution in [2.45, 2.75) is 32.4 Å². The van der Waals surface area contributed by atoms with E-state index < -0.39 is 23.8 Å². The zero-order chi connectivity index (χ0) is 17.7. The molecule has 1 aromatic rings. The molecule has 1 N–H and O–H groups in total. The van der Waals surface area contributed by atoms with Gasteiger partial charge in [-0.3, -0.25) is 0 Å². The summed E-state index contributed by atoms with van der Waals surface area (Å²) in [6.07, 6.45) is -4.42. The molecule has 1 aliphatic heterocycles. The highest BCUT2D eigenvalue weighted by molar-refractivity contribution is 6.03. The summed E-state index contributed by atoms with van der Waals surface area (Å²) in [6, 6.07) is 4.00. The average molecular weight is 344 g/mol. The maximum absolute atomic E-state index is 13.4. The Labute approximate surface area is 137 Å². The Morgan fingerprint density at radius 2 is 2.17 bits per heavy atom. The van der Waals surface area contributed by atoms with E-state index in [4.69, 9.17) is 9.47 Å². The zero-order valence-corrected chi connectivity index (χ0v) is 13.4. The van der Waals surface area contributed by atoms with E-state index in [-0.39, 0.29) is 30.1 Å². The van der Waals surface area contributed by atoms with Crippen LogP contribution < -0.4 is 5.43 Å². The molecular formula is C16H19F3N2O3. The van der Waals surface area contributed by atoms with Crippen LogP contribution in [0.1, 0.15) is 42.9 Å². The summed E-state index contributed by atoms with van der Waals surface area (Å²) in [5.41, 5.74) is 2.02. The van der Waals surface area contributed by atoms with Gasteiger partial charge in [0.15, 0.2) is 0 Å². The number of hydrazone groups is 1. The van der Waals surface area contributed by atoms with Crippen molar-refractivity contribution in [2.75, 3.05) is 19.8 Å². The molecule has 0 bridgehead atoms. The van der Waals surface area contributed by atoms with Crippen LogP contribution in [0.4, 0.5) is 18.0 Å². The minimum Gasteiger partial charge on any atom is -0.442 e. The Morgan fingerprint density at radius 3 is 2.75 bits per heavy atom. The molecule has 2 rings (SSSR count). The molecule has 24 heavy (non-hydrogen) atoms. The Morgan fingerprint density at radius 1 is 1.42 bits per heavy atom. The normalized spacial score (nSPS) is 16.2. The van der Waals surface area contributed by atoms with E-state index in [1.165, 1.54) is 6.07 Å². The van der Waals surface area contributed by atoms with Gasteiger partial charge in [-0.25, -0.2) is 10.2 Å². The van der Waals surface area contributed by atoms with Crippen molar-refractivity contribution in [1.82, 2.24) is 5.43 Å². The molecule has 132 valence electrons. The molecule has 8 heteroatoms. The number of hydrogen-bond donors (Lipinski definition) is 1. The third-order valence-electron chi connectivity index (χ3n) is 3.56. The standard InChI is InChI=1S/C16H19F3N2O3/c1-3-6-23-8-10(2)12-5-4-11(7-13(12)16(17,18)19)14-9-24-15(22)21-20-14/h4-5,7,10H,3,6,8-9H2,1-2H3,(H,21,22). The van der Waals surface area contributed by atoms with Gasteiger partial charge >= 0.3 is 12.3 Å². The van der Waals surface area contributed by atoms with Gasteiger partial charge in [-0.2, -0.15) is 18.3 Å². The molecule has 1 aliphatic rings. The van der Waals surface area contributed by atoms with E-state index in [9.17, 15) is 18.0 Å². The smallest absolute Gasteiger partial charge is 0.428 e. The van der Waals surface area contributed by atoms with Crippen LogP contribution in [0, 0.1) is 0 Å². The number of amides is 1. The van der Waals surface area contributed by atoms with Crippen LogP contribution in [0.3, 0.4) is 0 Å². The minimum atomic E-state index is -4.50. The summed E-state index contributed by atoms with van der Waals surface area (Å²) in [4.78, 5) is 10.9. The van der Waals surface area contributed by atoms with Gasteiger partial charge in [0.1, 0.15) is 12.3 Å². The molecule has 0 saturated heterocycles. The van der Waals surface area contributed by atoms with Crippen molar-refractivity contribution >= 4 is 11.8 Å². The molecule has 1 aromatic carbocycles. The SMILES string of the molecule is CCCOCC(C)c1ccc(C2=NNC(=O)OC2)cc1C(F)(F)F. The van der Waals surface area contributed by atoms with Crippen molar-refractivity contribution in [3.63, 3.8) is 0 Å². The number of hydrogen-bond acceptors (Lipinski definition) is 4. The Balaban J connectivity index is 2.30. The third-order valence-corrected chi connectivity index (χ3v) is 3.56. The van der Waals surface area contributed by atoms with Crippen LogP contribution in [0.2, 0.25) is 0 Å². The lowest BCUT2D eigenvalue weighted by atomic mass is 9.93. The van der Waals surface area contributed by atoms with Crippen molar-refractivity contribution in [3.8, 4) is 0 Å². The van der Waals surface area contributed by atoms with Gasteiger partial charge in [0.25, 0.3) is 0 Å². The van der Waals surface area contributed by atoms with E-state index in [0.29, 0.717) is 6.61 Å². The summed E-state index contributed by atoms with van der Waals surface area (Å²) in [5.74, 6) is -0.397. The molecule has 1 amide bonds. The quantitative estimate of drug-likeness (QED) is 0.801. The van der Waals surface area contributed by atoms with Gasteiger partial charge < -0.3 is 9.47 Å². The van der Waals surface area contributed by atoms with Gasteiger partial charge in [0.05, 0.1) is 12.2 Å². The second kappa shape index (κ2) is 7.65. The minimum absolute atomic E-state index is 0.169. The van der Waals surface area contributed by atoms with Crippen LogP contribution in [-0.4, -0.2) is 31.6 Å². The largest absolute Gasteiger partial charge is 0.442 e. The zero-order valence-electron chi connectivity index (χ0n) is 13.4. The first-order chi connectivity index (χ1) is 11.3. The first-order valence-electron chi connectivity index (χ1n) is 7.61.